The second-order valence-electron chi connectivity index (χ2n) is 3.89. The Hall–Kier alpha value is -1.000. The molecule has 1 nitrogen and oxygen atoms in total. The van der Waals surface area contributed by atoms with E-state index in [2.05, 4.69) is 31.9 Å². The summed E-state index contributed by atoms with van der Waals surface area (Å²) >= 11 is 6.45. The monoisotopic (exact) mass is 370 g/mol. The average molecular weight is 372 g/mol. The maximum absolute atomic E-state index is 13.8. The molecule has 0 aliphatic heterocycles. The van der Waals surface area contributed by atoms with Crippen LogP contribution < -0.4 is 0 Å². The van der Waals surface area contributed by atoms with Gasteiger partial charge in [0.25, 0.3) is 0 Å². The first kappa shape index (κ1) is 13.4. The summed E-state index contributed by atoms with van der Waals surface area (Å²) in [5.41, 5.74) is 1.50. The minimum absolute atomic E-state index is 0.0751. The van der Waals surface area contributed by atoms with Gasteiger partial charge in [-0.1, -0.05) is 22.0 Å². The molecule has 0 aromatic heterocycles. The number of carbonyl (C=O) groups is 1. The molecule has 0 saturated heterocycles. The van der Waals surface area contributed by atoms with E-state index in [9.17, 15) is 9.18 Å². The Labute approximate surface area is 121 Å². The Morgan fingerprint density at radius 2 is 1.83 bits per heavy atom. The molecule has 0 heterocycles. The van der Waals surface area contributed by atoms with Crippen LogP contribution in [0.5, 0.6) is 0 Å². The van der Waals surface area contributed by atoms with Crippen molar-refractivity contribution < 1.29 is 9.18 Å². The summed E-state index contributed by atoms with van der Waals surface area (Å²) in [7, 11) is 0. The third kappa shape index (κ3) is 2.54. The van der Waals surface area contributed by atoms with Crippen molar-refractivity contribution in [1.29, 1.82) is 0 Å². The van der Waals surface area contributed by atoms with E-state index in [1.54, 1.807) is 30.3 Å². The maximum atomic E-state index is 13.8. The second kappa shape index (κ2) is 5.33. The van der Waals surface area contributed by atoms with Gasteiger partial charge in [0.15, 0.2) is 5.78 Å². The van der Waals surface area contributed by atoms with Crippen molar-refractivity contribution in [2.24, 2.45) is 0 Å². The molecule has 0 atom stereocenters. The smallest absolute Gasteiger partial charge is 0.196 e. The highest BCUT2D eigenvalue weighted by atomic mass is 79.9. The topological polar surface area (TPSA) is 17.1 Å². The summed E-state index contributed by atoms with van der Waals surface area (Å²) in [4.78, 5) is 12.2. The van der Waals surface area contributed by atoms with Gasteiger partial charge in [0.1, 0.15) is 5.82 Å². The number of hydrogen-bond donors (Lipinski definition) is 0. The standard InChI is InChI=1S/C14H9Br2FO/c1-8-7-9(5-6-11(8)15)14(18)10-3-2-4-12(16)13(10)17/h2-7H,1H3. The lowest BCUT2D eigenvalue weighted by Crippen LogP contribution is -2.05. The van der Waals surface area contributed by atoms with E-state index in [-0.39, 0.29) is 11.3 Å². The van der Waals surface area contributed by atoms with Crippen LogP contribution in [0.1, 0.15) is 21.5 Å². The number of aryl methyl sites for hydroxylation is 1. The quantitative estimate of drug-likeness (QED) is 0.687. The molecule has 18 heavy (non-hydrogen) atoms. The van der Waals surface area contributed by atoms with Crippen molar-refractivity contribution in [3.63, 3.8) is 0 Å². The van der Waals surface area contributed by atoms with Gasteiger partial charge in [-0.3, -0.25) is 4.79 Å². The maximum Gasteiger partial charge on any atom is 0.196 e. The van der Waals surface area contributed by atoms with E-state index < -0.39 is 5.82 Å². The first-order valence-electron chi connectivity index (χ1n) is 5.25. The molecule has 0 aliphatic rings. The van der Waals surface area contributed by atoms with Gasteiger partial charge in [-0.05, 0) is 58.7 Å². The summed E-state index contributed by atoms with van der Waals surface area (Å²) in [5.74, 6) is -0.840. The molecule has 0 saturated carbocycles. The number of rotatable bonds is 2. The number of hydrogen-bond acceptors (Lipinski definition) is 1. The van der Waals surface area contributed by atoms with Gasteiger partial charge in [0.2, 0.25) is 0 Å². The van der Waals surface area contributed by atoms with E-state index in [0.717, 1.165) is 10.0 Å². The summed E-state index contributed by atoms with van der Waals surface area (Å²) in [6.07, 6.45) is 0. The molecule has 0 spiro atoms. The largest absolute Gasteiger partial charge is 0.288 e. The Bertz CT molecular complexity index is 623. The normalized spacial score (nSPS) is 10.4. The van der Waals surface area contributed by atoms with Crippen molar-refractivity contribution in [3.05, 3.63) is 67.9 Å². The number of carbonyl (C=O) groups excluding carboxylic acids is 1. The third-order valence-corrected chi connectivity index (χ3v) is 4.12. The van der Waals surface area contributed by atoms with E-state index >= 15 is 0 Å². The first-order chi connectivity index (χ1) is 8.50. The van der Waals surface area contributed by atoms with Crippen molar-refractivity contribution in [1.82, 2.24) is 0 Å². The highest BCUT2D eigenvalue weighted by molar-refractivity contribution is 9.10. The van der Waals surface area contributed by atoms with Crippen LogP contribution in [0.25, 0.3) is 0 Å². The van der Waals surface area contributed by atoms with E-state index in [1.807, 2.05) is 6.92 Å². The lowest BCUT2D eigenvalue weighted by molar-refractivity contribution is 0.103. The van der Waals surface area contributed by atoms with Crippen LogP contribution in [0.4, 0.5) is 4.39 Å². The molecule has 0 unspecified atom stereocenters. The van der Waals surface area contributed by atoms with Crippen molar-refractivity contribution in [3.8, 4) is 0 Å². The van der Waals surface area contributed by atoms with Crippen LogP contribution >= 0.6 is 31.9 Å². The molecule has 2 aromatic rings. The third-order valence-electron chi connectivity index (χ3n) is 2.62. The summed E-state index contributed by atoms with van der Waals surface area (Å²) < 4.78 is 15.1. The molecular formula is C14H9Br2FO. The van der Waals surface area contributed by atoms with Gasteiger partial charge in [0.05, 0.1) is 10.0 Å². The zero-order valence-electron chi connectivity index (χ0n) is 9.51. The Morgan fingerprint density at radius 3 is 2.50 bits per heavy atom. The lowest BCUT2D eigenvalue weighted by atomic mass is 10.0. The minimum atomic E-state index is -0.525. The van der Waals surface area contributed by atoms with Gasteiger partial charge in [-0.25, -0.2) is 4.39 Å². The molecule has 0 amide bonds. The van der Waals surface area contributed by atoms with E-state index in [4.69, 9.17) is 0 Å². The Morgan fingerprint density at radius 1 is 1.11 bits per heavy atom. The van der Waals surface area contributed by atoms with Gasteiger partial charge in [-0.15, -0.1) is 0 Å². The first-order valence-corrected chi connectivity index (χ1v) is 6.84. The lowest BCUT2D eigenvalue weighted by Gasteiger charge is -2.06. The van der Waals surface area contributed by atoms with Gasteiger partial charge in [-0.2, -0.15) is 0 Å². The number of halogens is 3. The molecule has 0 N–H and O–H groups in total. The molecular weight excluding hydrogens is 363 g/mol. The average Bonchev–Trinajstić information content (AvgIpc) is 2.35. The zero-order chi connectivity index (χ0) is 13.3. The van der Waals surface area contributed by atoms with Crippen LogP contribution in [-0.2, 0) is 0 Å². The Kier molecular flexibility index (Phi) is 3.97. The summed E-state index contributed by atoms with van der Waals surface area (Å²) in [6, 6.07) is 9.91. The highest BCUT2D eigenvalue weighted by Crippen LogP contribution is 2.23. The predicted octanol–water partition coefficient (Wildman–Crippen LogP) is 4.89. The minimum Gasteiger partial charge on any atom is -0.288 e. The molecule has 92 valence electrons. The van der Waals surface area contributed by atoms with Crippen LogP contribution in [0.2, 0.25) is 0 Å². The highest BCUT2D eigenvalue weighted by Gasteiger charge is 2.16. The van der Waals surface area contributed by atoms with Crippen LogP contribution in [0.3, 0.4) is 0 Å². The van der Waals surface area contributed by atoms with Crippen LogP contribution in [-0.4, -0.2) is 5.78 Å². The Balaban J connectivity index is 2.48. The predicted molar refractivity (Wildman–Crippen MR) is 76.4 cm³/mol. The van der Waals surface area contributed by atoms with Crippen molar-refractivity contribution in [2.75, 3.05) is 0 Å². The fourth-order valence-electron chi connectivity index (χ4n) is 1.62. The van der Waals surface area contributed by atoms with Crippen LogP contribution in [0, 0.1) is 12.7 Å². The van der Waals surface area contributed by atoms with Gasteiger partial charge < -0.3 is 0 Å². The molecule has 0 radical (unpaired) electrons. The molecule has 2 rings (SSSR count). The molecule has 2 aromatic carbocycles. The molecule has 0 bridgehead atoms. The zero-order valence-corrected chi connectivity index (χ0v) is 12.7. The van der Waals surface area contributed by atoms with Crippen molar-refractivity contribution in [2.45, 2.75) is 6.92 Å². The van der Waals surface area contributed by atoms with Crippen LogP contribution in [0.15, 0.2) is 45.3 Å². The molecule has 0 fully saturated rings. The number of ketones is 1. The SMILES string of the molecule is Cc1cc(C(=O)c2cccc(Br)c2F)ccc1Br. The fraction of sp³-hybridized carbons (Fsp3) is 0.0714. The summed E-state index contributed by atoms with van der Waals surface area (Å²) in [6.45, 7) is 1.89. The second-order valence-corrected chi connectivity index (χ2v) is 5.60. The van der Waals surface area contributed by atoms with Gasteiger partial charge >= 0.3 is 0 Å². The fourth-order valence-corrected chi connectivity index (χ4v) is 2.23. The molecule has 4 heteroatoms. The van der Waals surface area contributed by atoms with Crippen molar-refractivity contribution >= 4 is 37.6 Å². The van der Waals surface area contributed by atoms with E-state index in [0.29, 0.717) is 10.0 Å². The molecule has 0 aliphatic carbocycles. The summed E-state index contributed by atoms with van der Waals surface area (Å²) in [5, 5.41) is 0. The van der Waals surface area contributed by atoms with Gasteiger partial charge in [0, 0.05) is 10.0 Å². The number of benzene rings is 2. The van der Waals surface area contributed by atoms with E-state index in [1.165, 1.54) is 6.07 Å².